The molecule has 0 aliphatic carbocycles. The number of nitrogens with one attached hydrogen (secondary N) is 1. The van der Waals surface area contributed by atoms with Gasteiger partial charge in [0.05, 0.1) is 0 Å². The van der Waals surface area contributed by atoms with E-state index in [1.807, 2.05) is 0 Å². The molecular weight excluding hydrogens is 174 g/mol. The van der Waals surface area contributed by atoms with Gasteiger partial charge in [0, 0.05) is 13.5 Å². The predicted molar refractivity (Wildman–Crippen MR) is 58.3 cm³/mol. The summed E-state index contributed by atoms with van der Waals surface area (Å²) < 4.78 is 0. The quantitative estimate of drug-likeness (QED) is 0.777. The molecule has 0 aromatic heterocycles. The van der Waals surface area contributed by atoms with Crippen LogP contribution < -0.4 is 5.32 Å². The molecule has 2 heteroatoms. The van der Waals surface area contributed by atoms with Crippen LogP contribution in [-0.4, -0.2) is 12.5 Å². The van der Waals surface area contributed by atoms with Crippen molar-refractivity contribution < 1.29 is 4.79 Å². The molecule has 0 radical (unpaired) electrons. The van der Waals surface area contributed by atoms with Gasteiger partial charge in [-0.15, -0.1) is 0 Å². The fraction of sp³-hybridized carbons (Fsp3) is 0.417. The third-order valence-electron chi connectivity index (χ3n) is 2.27. The molecular formula is C12H17NO. The molecule has 76 valence electrons. The second kappa shape index (κ2) is 4.80. The molecule has 0 aliphatic heterocycles. The summed E-state index contributed by atoms with van der Waals surface area (Å²) in [5, 5.41) is 2.80. The highest BCUT2D eigenvalue weighted by molar-refractivity contribution is 5.72. The lowest BCUT2D eigenvalue weighted by atomic mass is 10.0. The van der Waals surface area contributed by atoms with E-state index in [0.29, 0.717) is 0 Å². The average molecular weight is 191 g/mol. The Balaban J connectivity index is 2.57. The van der Waals surface area contributed by atoms with Gasteiger partial charge in [0.1, 0.15) is 0 Å². The number of hydrogen-bond donors (Lipinski definition) is 1. The van der Waals surface area contributed by atoms with Crippen molar-refractivity contribution in [3.05, 3.63) is 34.9 Å². The molecule has 0 unspecified atom stereocenters. The highest BCUT2D eigenvalue weighted by Crippen LogP contribution is 2.10. The minimum atomic E-state index is 0.0373. The van der Waals surface area contributed by atoms with Gasteiger partial charge in [-0.25, -0.2) is 0 Å². The van der Waals surface area contributed by atoms with E-state index in [-0.39, 0.29) is 5.91 Å². The number of carbonyl (C=O) groups is 1. The lowest BCUT2D eigenvalue weighted by Gasteiger charge is -2.07. The predicted octanol–water partition coefficient (Wildman–Crippen LogP) is 1.98. The summed E-state index contributed by atoms with van der Waals surface area (Å²) >= 11 is 0. The maximum absolute atomic E-state index is 10.7. The van der Waals surface area contributed by atoms with Crippen LogP contribution in [0.4, 0.5) is 0 Å². The third kappa shape index (κ3) is 3.21. The van der Waals surface area contributed by atoms with Crippen molar-refractivity contribution >= 4 is 5.91 Å². The lowest BCUT2D eigenvalue weighted by Crippen LogP contribution is -2.22. The Kier molecular flexibility index (Phi) is 3.69. The van der Waals surface area contributed by atoms with Crippen molar-refractivity contribution in [3.8, 4) is 0 Å². The van der Waals surface area contributed by atoms with E-state index in [1.54, 1.807) is 6.92 Å². The number of carbonyl (C=O) groups excluding carboxylic acids is 1. The average Bonchev–Trinajstić information content (AvgIpc) is 2.10. The van der Waals surface area contributed by atoms with Gasteiger partial charge < -0.3 is 5.32 Å². The summed E-state index contributed by atoms with van der Waals surface area (Å²) in [6, 6.07) is 6.41. The molecule has 1 N–H and O–H groups in total. The minimum Gasteiger partial charge on any atom is -0.356 e. The summed E-state index contributed by atoms with van der Waals surface area (Å²) in [4.78, 5) is 10.7. The third-order valence-corrected chi connectivity index (χ3v) is 2.27. The highest BCUT2D eigenvalue weighted by atomic mass is 16.1. The summed E-state index contributed by atoms with van der Waals surface area (Å²) in [5.41, 5.74) is 3.88. The molecule has 0 atom stereocenters. The van der Waals surface area contributed by atoms with Gasteiger partial charge in [-0.3, -0.25) is 4.79 Å². The van der Waals surface area contributed by atoms with Gasteiger partial charge in [-0.05, 0) is 31.4 Å². The van der Waals surface area contributed by atoms with Gasteiger partial charge in [0.2, 0.25) is 5.91 Å². The Morgan fingerprint density at radius 3 is 2.71 bits per heavy atom. The van der Waals surface area contributed by atoms with Crippen LogP contribution in [0.3, 0.4) is 0 Å². The molecule has 1 amide bonds. The van der Waals surface area contributed by atoms with E-state index in [0.717, 1.165) is 13.0 Å². The fourth-order valence-corrected chi connectivity index (χ4v) is 1.44. The second-order valence-electron chi connectivity index (χ2n) is 3.66. The van der Waals surface area contributed by atoms with Gasteiger partial charge in [-0.2, -0.15) is 0 Å². The van der Waals surface area contributed by atoms with E-state index >= 15 is 0 Å². The highest BCUT2D eigenvalue weighted by Gasteiger charge is 1.98. The smallest absolute Gasteiger partial charge is 0.216 e. The van der Waals surface area contributed by atoms with E-state index in [1.165, 1.54) is 16.7 Å². The Labute approximate surface area is 85.3 Å². The summed E-state index contributed by atoms with van der Waals surface area (Å²) in [6.07, 6.45) is 0.910. The Morgan fingerprint density at radius 2 is 2.07 bits per heavy atom. The molecule has 0 fully saturated rings. The Morgan fingerprint density at radius 1 is 1.36 bits per heavy atom. The zero-order chi connectivity index (χ0) is 10.6. The van der Waals surface area contributed by atoms with E-state index in [4.69, 9.17) is 0 Å². The SMILES string of the molecule is CC(=O)NCCc1cc(C)ccc1C. The van der Waals surface area contributed by atoms with E-state index in [9.17, 15) is 4.79 Å². The standard InChI is InChI=1S/C12H17NO/c1-9-4-5-10(2)12(8-9)6-7-13-11(3)14/h4-5,8H,6-7H2,1-3H3,(H,13,14). The number of rotatable bonds is 3. The largest absolute Gasteiger partial charge is 0.356 e. The van der Waals surface area contributed by atoms with Crippen molar-refractivity contribution in [2.24, 2.45) is 0 Å². The van der Waals surface area contributed by atoms with E-state index < -0.39 is 0 Å². The normalized spacial score (nSPS) is 9.93. The number of amides is 1. The molecule has 1 rings (SSSR count). The second-order valence-corrected chi connectivity index (χ2v) is 3.66. The van der Waals surface area contributed by atoms with Crippen LogP contribution >= 0.6 is 0 Å². The van der Waals surface area contributed by atoms with Gasteiger partial charge >= 0.3 is 0 Å². The Bertz CT molecular complexity index is 331. The van der Waals surface area contributed by atoms with Crippen LogP contribution in [0.1, 0.15) is 23.6 Å². The minimum absolute atomic E-state index is 0.0373. The molecule has 2 nitrogen and oxygen atoms in total. The topological polar surface area (TPSA) is 29.1 Å². The van der Waals surface area contributed by atoms with Crippen molar-refractivity contribution in [2.45, 2.75) is 27.2 Å². The van der Waals surface area contributed by atoms with Crippen molar-refractivity contribution in [3.63, 3.8) is 0 Å². The zero-order valence-corrected chi connectivity index (χ0v) is 9.05. The van der Waals surface area contributed by atoms with Gasteiger partial charge in [0.25, 0.3) is 0 Å². The monoisotopic (exact) mass is 191 g/mol. The molecule has 0 saturated heterocycles. The summed E-state index contributed by atoms with van der Waals surface area (Å²) in [6.45, 7) is 6.45. The Hall–Kier alpha value is -1.31. The summed E-state index contributed by atoms with van der Waals surface area (Å²) in [7, 11) is 0. The first-order valence-corrected chi connectivity index (χ1v) is 4.90. The van der Waals surface area contributed by atoms with Crippen molar-refractivity contribution in [1.29, 1.82) is 0 Å². The van der Waals surface area contributed by atoms with Crippen LogP contribution in [0, 0.1) is 13.8 Å². The first-order chi connectivity index (χ1) is 6.59. The van der Waals surface area contributed by atoms with Crippen LogP contribution in [-0.2, 0) is 11.2 Å². The first-order valence-electron chi connectivity index (χ1n) is 4.90. The summed E-state index contributed by atoms with van der Waals surface area (Å²) in [5.74, 6) is 0.0373. The number of benzene rings is 1. The van der Waals surface area contributed by atoms with E-state index in [2.05, 4.69) is 37.4 Å². The molecule has 1 aromatic rings. The van der Waals surface area contributed by atoms with Crippen LogP contribution in [0.25, 0.3) is 0 Å². The zero-order valence-electron chi connectivity index (χ0n) is 9.05. The first kappa shape index (κ1) is 10.8. The molecule has 14 heavy (non-hydrogen) atoms. The molecule has 1 aromatic carbocycles. The molecule has 0 spiro atoms. The van der Waals surface area contributed by atoms with Crippen LogP contribution in [0.2, 0.25) is 0 Å². The molecule has 0 aliphatic rings. The fourth-order valence-electron chi connectivity index (χ4n) is 1.44. The molecule has 0 heterocycles. The maximum atomic E-state index is 10.7. The van der Waals surface area contributed by atoms with Gasteiger partial charge in [-0.1, -0.05) is 23.8 Å². The maximum Gasteiger partial charge on any atom is 0.216 e. The number of aryl methyl sites for hydroxylation is 2. The number of hydrogen-bond acceptors (Lipinski definition) is 1. The molecule has 0 saturated carbocycles. The molecule has 0 bridgehead atoms. The van der Waals surface area contributed by atoms with Crippen molar-refractivity contribution in [2.75, 3.05) is 6.54 Å². The van der Waals surface area contributed by atoms with Crippen LogP contribution in [0.15, 0.2) is 18.2 Å². The van der Waals surface area contributed by atoms with Crippen LogP contribution in [0.5, 0.6) is 0 Å². The van der Waals surface area contributed by atoms with Crippen molar-refractivity contribution in [1.82, 2.24) is 5.32 Å². The van der Waals surface area contributed by atoms with Gasteiger partial charge in [0.15, 0.2) is 0 Å². The lowest BCUT2D eigenvalue weighted by molar-refractivity contribution is -0.118.